The van der Waals surface area contributed by atoms with E-state index in [9.17, 15) is 9.59 Å². The second-order valence-electron chi connectivity index (χ2n) is 4.23. The molecule has 0 radical (unpaired) electrons. The molecule has 21 heavy (non-hydrogen) atoms. The number of aromatic amines is 1. The lowest BCUT2D eigenvalue weighted by atomic mass is 10.3. The maximum absolute atomic E-state index is 11.8. The number of methoxy groups -OCH3 is 1. The molecular weight excluding hydrogens is 276 g/mol. The Balaban J connectivity index is 2.26. The highest BCUT2D eigenvalue weighted by Gasteiger charge is 2.12. The zero-order chi connectivity index (χ0) is 15.2. The van der Waals surface area contributed by atoms with Gasteiger partial charge < -0.3 is 15.8 Å². The minimum atomic E-state index is -0.574. The first-order valence-electron chi connectivity index (χ1n) is 6.25. The lowest BCUT2D eigenvalue weighted by molar-refractivity contribution is 0.186. The summed E-state index contributed by atoms with van der Waals surface area (Å²) >= 11 is 0. The van der Waals surface area contributed by atoms with Crippen molar-refractivity contribution in [3.63, 3.8) is 0 Å². The summed E-state index contributed by atoms with van der Waals surface area (Å²) in [6.45, 7) is 0.821. The molecule has 0 unspecified atom stereocenters. The molecule has 9 heteroatoms. The van der Waals surface area contributed by atoms with E-state index in [-0.39, 0.29) is 24.6 Å². The summed E-state index contributed by atoms with van der Waals surface area (Å²) in [7, 11) is 1.51. The molecule has 0 saturated heterocycles. The van der Waals surface area contributed by atoms with Gasteiger partial charge in [0.15, 0.2) is 0 Å². The average Bonchev–Trinajstić information content (AvgIpc) is 2.47. The lowest BCUT2D eigenvalue weighted by Crippen LogP contribution is -2.35. The Morgan fingerprint density at radius 1 is 1.48 bits per heavy atom. The molecule has 2 heterocycles. The van der Waals surface area contributed by atoms with Crippen molar-refractivity contribution in [1.82, 2.24) is 19.7 Å². The van der Waals surface area contributed by atoms with Gasteiger partial charge in [0.1, 0.15) is 11.5 Å². The van der Waals surface area contributed by atoms with Crippen molar-refractivity contribution in [2.45, 2.75) is 13.1 Å². The van der Waals surface area contributed by atoms with Crippen LogP contribution in [-0.2, 0) is 17.8 Å². The number of nitrogens with two attached hydrogens (primary N) is 1. The first kappa shape index (κ1) is 14.7. The maximum atomic E-state index is 11.8. The van der Waals surface area contributed by atoms with Gasteiger partial charge >= 0.3 is 5.69 Å². The molecule has 0 aliphatic heterocycles. The Labute approximate surface area is 119 Å². The summed E-state index contributed by atoms with van der Waals surface area (Å²) in [4.78, 5) is 25.8. The van der Waals surface area contributed by atoms with Crippen molar-refractivity contribution in [3.05, 3.63) is 44.9 Å². The predicted molar refractivity (Wildman–Crippen MR) is 77.0 cm³/mol. The van der Waals surface area contributed by atoms with Crippen LogP contribution in [0.2, 0.25) is 0 Å². The van der Waals surface area contributed by atoms with Gasteiger partial charge in [-0.05, 0) is 12.1 Å². The third-order valence-electron chi connectivity index (χ3n) is 2.83. The van der Waals surface area contributed by atoms with Crippen LogP contribution in [0.4, 0.5) is 11.5 Å². The highest BCUT2D eigenvalue weighted by molar-refractivity contribution is 5.60. The molecule has 0 aliphatic rings. The van der Waals surface area contributed by atoms with E-state index in [2.05, 4.69) is 20.5 Å². The smallest absolute Gasteiger partial charge is 0.330 e. The summed E-state index contributed by atoms with van der Waals surface area (Å²) in [5.74, 6) is 0.0599. The number of hydrogen-bond donors (Lipinski definition) is 3. The minimum Gasteiger partial charge on any atom is -0.383 e. The Morgan fingerprint density at radius 3 is 2.95 bits per heavy atom. The molecule has 0 fully saturated rings. The number of aromatic nitrogens is 4. The monoisotopic (exact) mass is 292 g/mol. The van der Waals surface area contributed by atoms with E-state index in [1.807, 2.05) is 0 Å². The molecule has 0 bridgehead atoms. The SMILES string of the molecule is COCCn1c(N)c(NCc2cccnn2)c(=O)[nH]c1=O. The van der Waals surface area contributed by atoms with Gasteiger partial charge in [-0.25, -0.2) is 4.79 Å². The zero-order valence-corrected chi connectivity index (χ0v) is 11.5. The van der Waals surface area contributed by atoms with Crippen LogP contribution in [0.1, 0.15) is 5.69 Å². The van der Waals surface area contributed by atoms with Crippen molar-refractivity contribution < 1.29 is 4.74 Å². The first-order chi connectivity index (χ1) is 10.1. The molecule has 2 aromatic rings. The molecule has 0 saturated carbocycles. The lowest BCUT2D eigenvalue weighted by Gasteiger charge is -2.13. The molecule has 0 atom stereocenters. The molecule has 0 amide bonds. The van der Waals surface area contributed by atoms with E-state index in [1.165, 1.54) is 11.7 Å². The van der Waals surface area contributed by atoms with Gasteiger partial charge in [-0.15, -0.1) is 0 Å². The Kier molecular flexibility index (Phi) is 4.67. The Bertz CT molecular complexity index is 709. The Hall–Kier alpha value is -2.68. The van der Waals surface area contributed by atoms with Gasteiger partial charge in [-0.2, -0.15) is 10.2 Å². The third-order valence-corrected chi connectivity index (χ3v) is 2.83. The highest BCUT2D eigenvalue weighted by Crippen LogP contribution is 2.10. The highest BCUT2D eigenvalue weighted by atomic mass is 16.5. The van der Waals surface area contributed by atoms with Crippen molar-refractivity contribution in [1.29, 1.82) is 0 Å². The largest absolute Gasteiger partial charge is 0.383 e. The van der Waals surface area contributed by atoms with Gasteiger partial charge in [0.2, 0.25) is 0 Å². The maximum Gasteiger partial charge on any atom is 0.330 e. The van der Waals surface area contributed by atoms with Crippen LogP contribution in [0, 0.1) is 0 Å². The van der Waals surface area contributed by atoms with E-state index in [1.54, 1.807) is 18.3 Å². The van der Waals surface area contributed by atoms with Crippen molar-refractivity contribution in [2.24, 2.45) is 0 Å². The van der Waals surface area contributed by atoms with Gasteiger partial charge in [-0.1, -0.05) is 0 Å². The van der Waals surface area contributed by atoms with Crippen LogP contribution in [0.15, 0.2) is 27.9 Å². The normalized spacial score (nSPS) is 10.5. The molecule has 4 N–H and O–H groups in total. The summed E-state index contributed by atoms with van der Waals surface area (Å²) in [5, 5.41) is 10.5. The van der Waals surface area contributed by atoms with Gasteiger partial charge in [0.05, 0.1) is 25.4 Å². The second-order valence-corrected chi connectivity index (χ2v) is 4.23. The second kappa shape index (κ2) is 6.66. The molecular formula is C12H16N6O3. The Morgan fingerprint density at radius 2 is 2.29 bits per heavy atom. The fourth-order valence-corrected chi connectivity index (χ4v) is 1.77. The van der Waals surface area contributed by atoms with Crippen LogP contribution in [0.5, 0.6) is 0 Å². The summed E-state index contributed by atoms with van der Waals surface area (Å²) in [6, 6.07) is 3.49. The molecule has 112 valence electrons. The number of H-pyrrole nitrogens is 1. The van der Waals surface area contributed by atoms with Crippen molar-refractivity contribution in [3.8, 4) is 0 Å². The van der Waals surface area contributed by atoms with Crippen LogP contribution in [0.3, 0.4) is 0 Å². The molecule has 0 aliphatic carbocycles. The average molecular weight is 292 g/mol. The summed E-state index contributed by atoms with van der Waals surface area (Å²) in [5.41, 5.74) is 5.50. The summed E-state index contributed by atoms with van der Waals surface area (Å²) < 4.78 is 6.15. The number of rotatable bonds is 6. The minimum absolute atomic E-state index is 0.0599. The van der Waals surface area contributed by atoms with Crippen LogP contribution in [-0.4, -0.2) is 33.5 Å². The predicted octanol–water partition coefficient (Wildman–Crippen LogP) is -0.833. The van der Waals surface area contributed by atoms with E-state index in [4.69, 9.17) is 10.5 Å². The molecule has 0 aromatic carbocycles. The first-order valence-corrected chi connectivity index (χ1v) is 6.25. The van der Waals surface area contributed by atoms with E-state index in [0.717, 1.165) is 0 Å². The van der Waals surface area contributed by atoms with Crippen molar-refractivity contribution >= 4 is 11.5 Å². The van der Waals surface area contributed by atoms with Crippen LogP contribution < -0.4 is 22.3 Å². The fraction of sp³-hybridized carbons (Fsp3) is 0.333. The van der Waals surface area contributed by atoms with Gasteiger partial charge in [0.25, 0.3) is 5.56 Å². The van der Waals surface area contributed by atoms with E-state index >= 15 is 0 Å². The third kappa shape index (κ3) is 3.45. The summed E-state index contributed by atoms with van der Waals surface area (Å²) in [6.07, 6.45) is 1.55. The fourth-order valence-electron chi connectivity index (χ4n) is 1.77. The standard InChI is InChI=1S/C12H16N6O3/c1-21-6-5-18-10(13)9(11(19)16-12(18)20)14-7-8-3-2-4-15-17-8/h2-4,14H,5-7,13H2,1H3,(H,16,19,20). The van der Waals surface area contributed by atoms with E-state index < -0.39 is 11.2 Å². The number of nitrogens with one attached hydrogen (secondary N) is 2. The van der Waals surface area contributed by atoms with Gasteiger partial charge in [-0.3, -0.25) is 14.3 Å². The van der Waals surface area contributed by atoms with Crippen LogP contribution in [0.25, 0.3) is 0 Å². The van der Waals surface area contributed by atoms with E-state index in [0.29, 0.717) is 12.3 Å². The zero-order valence-electron chi connectivity index (χ0n) is 11.5. The molecule has 2 rings (SSSR count). The van der Waals surface area contributed by atoms with Crippen molar-refractivity contribution in [2.75, 3.05) is 24.8 Å². The van der Waals surface area contributed by atoms with Gasteiger partial charge in [0, 0.05) is 13.3 Å². The topological polar surface area (TPSA) is 128 Å². The number of ether oxygens (including phenoxy) is 1. The number of anilines is 2. The quantitative estimate of drug-likeness (QED) is 0.633. The van der Waals surface area contributed by atoms with Crippen LogP contribution >= 0.6 is 0 Å². The molecule has 2 aromatic heterocycles. The number of hydrogen-bond acceptors (Lipinski definition) is 7. The molecule has 0 spiro atoms. The number of nitrogen functional groups attached to an aromatic ring is 1. The number of nitrogens with zero attached hydrogens (tertiary/aromatic N) is 3. The molecule has 9 nitrogen and oxygen atoms in total.